The van der Waals surface area contributed by atoms with Crippen LogP contribution in [0.5, 0.6) is 0 Å². The zero-order valence-electron chi connectivity index (χ0n) is 12.8. The van der Waals surface area contributed by atoms with Crippen molar-refractivity contribution >= 4 is 21.9 Å². The van der Waals surface area contributed by atoms with Gasteiger partial charge in [0.2, 0.25) is 0 Å². The van der Waals surface area contributed by atoms with Crippen LogP contribution in [0.4, 0.5) is 0 Å². The van der Waals surface area contributed by atoms with E-state index in [-0.39, 0.29) is 0 Å². The van der Waals surface area contributed by atoms with Crippen LogP contribution in [0.2, 0.25) is 0 Å². The van der Waals surface area contributed by atoms with Gasteiger partial charge in [0, 0.05) is 11.8 Å². The number of carboxylic acid groups (broad SMARTS) is 1. The molecule has 0 bridgehead atoms. The molecule has 118 valence electrons. The second-order valence-corrected chi connectivity index (χ2v) is 5.61. The van der Waals surface area contributed by atoms with Crippen LogP contribution in [-0.2, 0) is 4.79 Å². The third-order valence-corrected chi connectivity index (χ3v) is 3.40. The molecule has 0 spiro atoms. The van der Waals surface area contributed by atoms with E-state index in [0.29, 0.717) is 6.42 Å². The van der Waals surface area contributed by atoms with Gasteiger partial charge in [0.25, 0.3) is 0 Å². The number of carboxylic acids is 1. The molecular weight excluding hydrogens is 316 g/mol. The van der Waals surface area contributed by atoms with Crippen LogP contribution in [0, 0.1) is 0 Å². The zero-order chi connectivity index (χ0) is 15.5. The highest BCUT2D eigenvalue weighted by Gasteiger charge is 1.95. The quantitative estimate of drug-likeness (QED) is 0.248. The van der Waals surface area contributed by atoms with Gasteiger partial charge in [0.05, 0.1) is 0 Å². The van der Waals surface area contributed by atoms with Crippen LogP contribution in [0.1, 0.15) is 70.6 Å². The van der Waals surface area contributed by atoms with Gasteiger partial charge in [-0.3, -0.25) is 4.79 Å². The van der Waals surface area contributed by atoms with E-state index >= 15 is 0 Å². The largest absolute Gasteiger partial charge is 0.481 e. The van der Waals surface area contributed by atoms with Crippen molar-refractivity contribution in [3.05, 3.63) is 25.3 Å². The minimum atomic E-state index is -0.686. The first kappa shape index (κ1) is 21.7. The third-order valence-electron chi connectivity index (χ3n) is 2.84. The molecule has 0 radical (unpaired) electrons. The molecule has 0 aliphatic heterocycles. The Morgan fingerprint density at radius 2 is 1.30 bits per heavy atom. The molecule has 1 N–H and O–H groups in total. The van der Waals surface area contributed by atoms with E-state index in [2.05, 4.69) is 29.1 Å². The number of unbranched alkanes of at least 4 members (excludes halogenated alkanes) is 8. The van der Waals surface area contributed by atoms with E-state index in [1.54, 1.807) is 0 Å². The van der Waals surface area contributed by atoms with Crippen molar-refractivity contribution < 1.29 is 9.90 Å². The van der Waals surface area contributed by atoms with Gasteiger partial charge in [0.15, 0.2) is 0 Å². The average molecular weight is 347 g/mol. The standard InChI is InChI=1S/C9H16O2.C8H15Br/c1-2-3-4-5-6-7-8-9(10)11;1-2-3-4-5-6-7-8-9/h2H,1,3-8H2,(H,10,11);2H,1,3-8H2. The summed E-state index contributed by atoms with van der Waals surface area (Å²) >= 11 is 3.40. The molecule has 0 aliphatic carbocycles. The fourth-order valence-corrected chi connectivity index (χ4v) is 2.05. The topological polar surface area (TPSA) is 37.3 Å². The van der Waals surface area contributed by atoms with Gasteiger partial charge in [0.1, 0.15) is 0 Å². The predicted molar refractivity (Wildman–Crippen MR) is 92.6 cm³/mol. The Bertz CT molecular complexity index is 227. The van der Waals surface area contributed by atoms with Crippen molar-refractivity contribution in [1.29, 1.82) is 0 Å². The number of alkyl halides is 1. The molecular formula is C17H31BrO2. The van der Waals surface area contributed by atoms with Crippen molar-refractivity contribution in [2.24, 2.45) is 0 Å². The number of halogens is 1. The Labute approximate surface area is 133 Å². The van der Waals surface area contributed by atoms with Crippen molar-refractivity contribution in [3.63, 3.8) is 0 Å². The average Bonchev–Trinajstić information content (AvgIpc) is 2.43. The Balaban J connectivity index is 0. The Kier molecular flexibility index (Phi) is 22.5. The minimum absolute atomic E-state index is 0.314. The van der Waals surface area contributed by atoms with Crippen LogP contribution in [0.15, 0.2) is 25.3 Å². The van der Waals surface area contributed by atoms with Crippen LogP contribution in [0.25, 0.3) is 0 Å². The van der Waals surface area contributed by atoms with E-state index in [1.165, 1.54) is 32.1 Å². The first-order valence-corrected chi connectivity index (χ1v) is 8.80. The number of carbonyl (C=O) groups is 1. The van der Waals surface area contributed by atoms with E-state index in [4.69, 9.17) is 5.11 Å². The summed E-state index contributed by atoms with van der Waals surface area (Å²) in [5.41, 5.74) is 0. The molecule has 0 aliphatic rings. The van der Waals surface area contributed by atoms with E-state index in [1.807, 2.05) is 12.2 Å². The summed E-state index contributed by atoms with van der Waals surface area (Å²) in [6, 6.07) is 0. The highest BCUT2D eigenvalue weighted by molar-refractivity contribution is 9.09. The molecule has 0 aromatic carbocycles. The summed E-state index contributed by atoms with van der Waals surface area (Å²) < 4.78 is 0. The highest BCUT2D eigenvalue weighted by Crippen LogP contribution is 2.05. The van der Waals surface area contributed by atoms with E-state index in [9.17, 15) is 4.79 Å². The summed E-state index contributed by atoms with van der Waals surface area (Å²) in [5.74, 6) is -0.686. The Hall–Kier alpha value is -0.570. The summed E-state index contributed by atoms with van der Waals surface area (Å²) in [7, 11) is 0. The Morgan fingerprint density at radius 1 is 0.850 bits per heavy atom. The molecule has 0 saturated carbocycles. The van der Waals surface area contributed by atoms with Crippen LogP contribution in [-0.4, -0.2) is 16.4 Å². The molecule has 0 aromatic rings. The van der Waals surface area contributed by atoms with Crippen LogP contribution >= 0.6 is 15.9 Å². The monoisotopic (exact) mass is 346 g/mol. The first-order valence-electron chi connectivity index (χ1n) is 7.68. The number of hydrogen-bond donors (Lipinski definition) is 1. The third kappa shape index (κ3) is 26.1. The lowest BCUT2D eigenvalue weighted by Crippen LogP contribution is -1.93. The van der Waals surface area contributed by atoms with Crippen molar-refractivity contribution in [3.8, 4) is 0 Å². The summed E-state index contributed by atoms with van der Waals surface area (Å²) in [6.45, 7) is 7.28. The maximum atomic E-state index is 10.1. The molecule has 0 heterocycles. The number of rotatable bonds is 13. The molecule has 20 heavy (non-hydrogen) atoms. The van der Waals surface area contributed by atoms with Gasteiger partial charge in [-0.2, -0.15) is 0 Å². The molecule has 0 amide bonds. The van der Waals surface area contributed by atoms with Crippen molar-refractivity contribution in [2.75, 3.05) is 5.33 Å². The van der Waals surface area contributed by atoms with E-state index in [0.717, 1.165) is 37.4 Å². The second kappa shape index (κ2) is 20.7. The smallest absolute Gasteiger partial charge is 0.303 e. The van der Waals surface area contributed by atoms with E-state index < -0.39 is 5.97 Å². The predicted octanol–water partition coefficient (Wildman–Crippen LogP) is 6.12. The summed E-state index contributed by atoms with van der Waals surface area (Å²) in [4.78, 5) is 10.1. The summed E-state index contributed by atoms with van der Waals surface area (Å²) in [5, 5.41) is 9.45. The zero-order valence-corrected chi connectivity index (χ0v) is 14.4. The molecule has 0 atom stereocenters. The van der Waals surface area contributed by atoms with Crippen molar-refractivity contribution in [1.82, 2.24) is 0 Å². The lowest BCUT2D eigenvalue weighted by atomic mass is 10.1. The minimum Gasteiger partial charge on any atom is -0.481 e. The number of hydrogen-bond acceptors (Lipinski definition) is 1. The maximum absolute atomic E-state index is 10.1. The fourth-order valence-electron chi connectivity index (χ4n) is 1.66. The number of allylic oxidation sites excluding steroid dienone is 2. The molecule has 0 rings (SSSR count). The van der Waals surface area contributed by atoms with Gasteiger partial charge in [-0.15, -0.1) is 13.2 Å². The van der Waals surface area contributed by atoms with Gasteiger partial charge in [-0.1, -0.05) is 53.8 Å². The van der Waals surface area contributed by atoms with Gasteiger partial charge in [-0.25, -0.2) is 0 Å². The number of aliphatic carboxylic acids is 1. The Morgan fingerprint density at radius 3 is 1.70 bits per heavy atom. The lowest BCUT2D eigenvalue weighted by Gasteiger charge is -1.95. The fraction of sp³-hybridized carbons (Fsp3) is 0.706. The lowest BCUT2D eigenvalue weighted by molar-refractivity contribution is -0.137. The van der Waals surface area contributed by atoms with Crippen LogP contribution < -0.4 is 0 Å². The van der Waals surface area contributed by atoms with Gasteiger partial charge in [-0.05, 0) is 38.5 Å². The first-order chi connectivity index (χ1) is 9.68. The maximum Gasteiger partial charge on any atom is 0.303 e. The highest BCUT2D eigenvalue weighted by atomic mass is 79.9. The van der Waals surface area contributed by atoms with Crippen LogP contribution in [0.3, 0.4) is 0 Å². The second-order valence-electron chi connectivity index (χ2n) is 4.82. The molecule has 0 aromatic heterocycles. The molecule has 0 unspecified atom stereocenters. The normalized spacial score (nSPS) is 9.45. The SMILES string of the molecule is C=CCCCCCCBr.C=CCCCCCCC(=O)O. The molecule has 3 heteroatoms. The van der Waals surface area contributed by atoms with Gasteiger partial charge >= 0.3 is 5.97 Å². The molecule has 0 saturated heterocycles. The molecule has 0 fully saturated rings. The molecule has 2 nitrogen and oxygen atoms in total. The van der Waals surface area contributed by atoms with Crippen molar-refractivity contribution in [2.45, 2.75) is 70.6 Å². The van der Waals surface area contributed by atoms with Gasteiger partial charge < -0.3 is 5.11 Å². The summed E-state index contributed by atoms with van der Waals surface area (Å²) in [6.07, 6.45) is 15.9.